The Morgan fingerprint density at radius 3 is 1.12 bits per heavy atom. The van der Waals surface area contributed by atoms with Crippen LogP contribution in [0.4, 0.5) is 17.1 Å². The molecule has 17 nitrogen and oxygen atoms in total. The van der Waals surface area contributed by atoms with E-state index in [4.69, 9.17) is 5.26 Å². The maximum absolute atomic E-state index is 12.0. The maximum atomic E-state index is 12.0. The molecule has 0 heterocycles. The molecule has 0 saturated heterocycles. The summed E-state index contributed by atoms with van der Waals surface area (Å²) in [5, 5.41) is 76.2. The summed E-state index contributed by atoms with van der Waals surface area (Å²) in [4.78, 5) is 45.5. The third kappa shape index (κ3) is 15.2. The Balaban J connectivity index is 0.00000425. The van der Waals surface area contributed by atoms with Crippen LogP contribution in [-0.4, -0.2) is 77.6 Å². The van der Waals surface area contributed by atoms with E-state index in [0.717, 1.165) is 54.6 Å². The zero-order valence-corrected chi connectivity index (χ0v) is 29.8. The molecule has 3 aromatic carbocycles. The maximum Gasteiger partial charge on any atom is 2.00 e. The summed E-state index contributed by atoms with van der Waals surface area (Å²) in [5.74, 6) is -1.27. The first-order valence-corrected chi connectivity index (χ1v) is 13.4. The van der Waals surface area contributed by atoms with Crippen LogP contribution in [0.5, 0.6) is 17.2 Å². The molecule has 19 heteroatoms. The number of nitrogens with zero attached hydrogens (tertiary/aromatic N) is 8. The molecule has 0 bridgehead atoms. The van der Waals surface area contributed by atoms with Crippen molar-refractivity contribution in [2.24, 2.45) is 15.0 Å². The zero-order chi connectivity index (χ0) is 34.1. The van der Waals surface area contributed by atoms with Crippen LogP contribution < -0.4 is 66.7 Å². The minimum atomic E-state index is -0.619. The van der Waals surface area contributed by atoms with Crippen molar-refractivity contribution in [3.05, 3.63) is 102 Å². The number of nitro benzene ring substituents is 3. The van der Waals surface area contributed by atoms with Crippen molar-refractivity contribution in [2.45, 2.75) is 6.92 Å². The van der Waals surface area contributed by atoms with E-state index in [1.165, 1.54) is 25.6 Å². The summed E-state index contributed by atoms with van der Waals surface area (Å²) in [6.45, 7) is 3.05. The van der Waals surface area contributed by atoms with Crippen LogP contribution in [0.15, 0.2) is 69.6 Å². The number of nitriles is 1. The number of benzene rings is 3. The number of aliphatic imine (C=N–C) groups is 3. The van der Waals surface area contributed by atoms with Crippen LogP contribution in [0.25, 0.3) is 0 Å². The molecule has 0 fully saturated rings. The van der Waals surface area contributed by atoms with Gasteiger partial charge in [0, 0.05) is 81.6 Å². The van der Waals surface area contributed by atoms with Gasteiger partial charge in [-0.25, -0.2) is 0 Å². The topological polar surface area (TPSA) is 263 Å². The van der Waals surface area contributed by atoms with Gasteiger partial charge in [0.05, 0.1) is 40.5 Å². The fourth-order valence-corrected chi connectivity index (χ4v) is 3.67. The summed E-state index contributed by atoms with van der Waals surface area (Å²) in [6.07, 6.45) is 3.75. The summed E-state index contributed by atoms with van der Waals surface area (Å²) in [7, 11) is 0. The van der Waals surface area contributed by atoms with Gasteiger partial charge in [0.2, 0.25) is 0 Å². The Morgan fingerprint density at radius 2 is 0.896 bits per heavy atom. The molecular formula is C29H27KN8NiO9. The van der Waals surface area contributed by atoms with E-state index < -0.39 is 32.0 Å². The van der Waals surface area contributed by atoms with Crippen LogP contribution in [0.3, 0.4) is 0 Å². The normalized spacial score (nSPS) is 10.6. The largest absolute Gasteiger partial charge is 2.00 e. The molecule has 248 valence electrons. The molecule has 0 N–H and O–H groups in total. The van der Waals surface area contributed by atoms with Gasteiger partial charge >= 0.3 is 67.9 Å². The van der Waals surface area contributed by atoms with Gasteiger partial charge in [-0.15, -0.1) is 0 Å². The van der Waals surface area contributed by atoms with Gasteiger partial charge in [-0.3, -0.25) is 50.2 Å². The number of hydrogen-bond acceptors (Lipinski definition) is 14. The number of hydrogen-bond donors (Lipinski definition) is 0. The molecule has 0 aliphatic rings. The minimum Gasteiger partial charge on any atom is -0.872 e. The van der Waals surface area contributed by atoms with Crippen molar-refractivity contribution in [3.8, 4) is 23.3 Å². The van der Waals surface area contributed by atoms with E-state index in [2.05, 4.69) is 15.0 Å². The van der Waals surface area contributed by atoms with Crippen molar-refractivity contribution in [2.75, 3.05) is 39.3 Å². The molecule has 48 heavy (non-hydrogen) atoms. The van der Waals surface area contributed by atoms with Gasteiger partial charge in [-0.05, 0) is 16.7 Å². The summed E-state index contributed by atoms with van der Waals surface area (Å²) < 4.78 is 0. The van der Waals surface area contributed by atoms with Crippen LogP contribution in [-0.2, 0) is 16.5 Å². The first-order valence-electron chi connectivity index (χ1n) is 13.4. The third-order valence-electron chi connectivity index (χ3n) is 5.94. The smallest absolute Gasteiger partial charge is 0.872 e. The monoisotopic (exact) mass is 728 g/mol. The van der Waals surface area contributed by atoms with E-state index in [1.807, 2.05) is 4.90 Å². The Kier molecular flexibility index (Phi) is 21.2. The molecule has 3 aromatic rings. The minimum absolute atomic E-state index is 0. The number of rotatable bonds is 15. The SMILES string of the molecule is CC#N.O=[N+]([O-])c1ccc([O-])c(C=NCCN(CCN=Cc2cc([N+](=O)[O-])ccc2[O-])CCN=Cc2cc([N+](=O)[O-])ccc2[O-])c1.[K+].[Ni+2]. The summed E-state index contributed by atoms with van der Waals surface area (Å²) in [6, 6.07) is 11.7. The molecule has 3 rings (SSSR count). The fourth-order valence-electron chi connectivity index (χ4n) is 3.67. The van der Waals surface area contributed by atoms with Crippen LogP contribution in [0.2, 0.25) is 0 Å². The van der Waals surface area contributed by atoms with E-state index in [9.17, 15) is 45.7 Å². The third-order valence-corrected chi connectivity index (χ3v) is 5.94. The second-order valence-corrected chi connectivity index (χ2v) is 9.11. The Hall–Kier alpha value is -4.15. The molecule has 0 aliphatic carbocycles. The van der Waals surface area contributed by atoms with Crippen molar-refractivity contribution in [1.29, 1.82) is 5.26 Å². The molecular weight excluding hydrogens is 702 g/mol. The molecule has 0 radical (unpaired) electrons. The Labute approximate surface area is 327 Å². The second-order valence-electron chi connectivity index (χ2n) is 9.11. The van der Waals surface area contributed by atoms with Crippen LogP contribution >= 0.6 is 0 Å². The standard InChI is InChI=1S/C27H27N7O9.C2H3N.K.Ni/c35-25-4-1-22(32(38)39)13-19(25)16-28-7-10-31(11-8-29-17-20-14-23(33(40)41)2-5-26(20)36)12-9-30-18-21-15-24(34(42)43)3-6-27(21)37;1-2-3;;/h1-6,13-18,35-37H,7-12H2;1H3;;/q;;+1;+2/p-3. The zero-order valence-electron chi connectivity index (χ0n) is 25.7. The number of non-ortho nitro benzene ring substituents is 3. The summed E-state index contributed by atoms with van der Waals surface area (Å²) in [5.41, 5.74) is -0.544. The van der Waals surface area contributed by atoms with Gasteiger partial charge in [0.15, 0.2) is 0 Å². The quantitative estimate of drug-likeness (QED) is 0.0803. The van der Waals surface area contributed by atoms with E-state index >= 15 is 0 Å². The molecule has 0 atom stereocenters. The van der Waals surface area contributed by atoms with Crippen molar-refractivity contribution in [1.82, 2.24) is 4.90 Å². The van der Waals surface area contributed by atoms with E-state index in [-0.39, 0.29) is 121 Å². The molecule has 0 unspecified atom stereocenters. The fraction of sp³-hybridized carbons (Fsp3) is 0.241. The molecule has 0 aromatic heterocycles. The molecule has 0 amide bonds. The average Bonchev–Trinajstić information content (AvgIpc) is 3.01. The predicted molar refractivity (Wildman–Crippen MR) is 163 cm³/mol. The molecule has 0 aliphatic heterocycles. The van der Waals surface area contributed by atoms with Gasteiger partial charge in [-0.1, -0.05) is 35.4 Å². The summed E-state index contributed by atoms with van der Waals surface area (Å²) >= 11 is 0. The Morgan fingerprint density at radius 1 is 0.646 bits per heavy atom. The van der Waals surface area contributed by atoms with Crippen LogP contribution in [0, 0.1) is 41.7 Å². The predicted octanol–water partition coefficient (Wildman–Crippen LogP) is -0.878. The van der Waals surface area contributed by atoms with Crippen molar-refractivity contribution in [3.63, 3.8) is 0 Å². The number of nitro groups is 3. The van der Waals surface area contributed by atoms with Crippen LogP contribution in [0.1, 0.15) is 23.6 Å². The van der Waals surface area contributed by atoms with Crippen molar-refractivity contribution < 1.29 is 98.0 Å². The van der Waals surface area contributed by atoms with Gasteiger partial charge in [0.25, 0.3) is 17.1 Å². The second kappa shape index (κ2) is 23.2. The Bertz CT molecular complexity index is 1500. The molecule has 0 spiro atoms. The molecule has 0 saturated carbocycles. The average molecular weight is 729 g/mol. The first-order chi connectivity index (χ1) is 22.0. The first kappa shape index (κ1) is 43.8. The van der Waals surface area contributed by atoms with Gasteiger partial charge in [-0.2, -0.15) is 5.26 Å². The van der Waals surface area contributed by atoms with Gasteiger partial charge < -0.3 is 15.3 Å². The van der Waals surface area contributed by atoms with E-state index in [0.29, 0.717) is 19.6 Å². The van der Waals surface area contributed by atoms with Crippen molar-refractivity contribution >= 4 is 35.7 Å². The van der Waals surface area contributed by atoms with Gasteiger partial charge in [0.1, 0.15) is 0 Å². The van der Waals surface area contributed by atoms with E-state index in [1.54, 1.807) is 6.07 Å².